The van der Waals surface area contributed by atoms with Crippen LogP contribution in [0, 0.1) is 18.3 Å². The van der Waals surface area contributed by atoms with Gasteiger partial charge in [-0.1, -0.05) is 6.07 Å². The van der Waals surface area contributed by atoms with Gasteiger partial charge >= 0.3 is 0 Å². The Kier molecular flexibility index (Phi) is 3.90. The summed E-state index contributed by atoms with van der Waals surface area (Å²) in [5.41, 5.74) is 7.03. The molecular weight excluding hydrogens is 350 g/mol. The largest absolute Gasteiger partial charge is 0.468 e. The first-order valence-corrected chi connectivity index (χ1v) is 8.86. The second-order valence-corrected chi connectivity index (χ2v) is 7.01. The number of ether oxygens (including phenoxy) is 1. The standard InChI is InChI=1S/C19H15N3O3S/c1-11-8-15-17(19(23)22(11)10-12-4-3-7-26-12)16(14-5-2-6-24-14)13(9-20)18(21)25-15/h2-8,16H,10,21H2,1H3/t16-/m0/s1. The van der Waals surface area contributed by atoms with E-state index in [-0.39, 0.29) is 17.0 Å². The number of hydrogen-bond acceptors (Lipinski definition) is 6. The number of pyridine rings is 1. The monoisotopic (exact) mass is 365 g/mol. The van der Waals surface area contributed by atoms with Crippen molar-refractivity contribution >= 4 is 11.3 Å². The highest BCUT2D eigenvalue weighted by molar-refractivity contribution is 7.09. The van der Waals surface area contributed by atoms with E-state index in [0.717, 1.165) is 10.6 Å². The number of nitriles is 1. The van der Waals surface area contributed by atoms with E-state index in [0.29, 0.717) is 23.6 Å². The molecule has 1 aliphatic rings. The van der Waals surface area contributed by atoms with Crippen LogP contribution in [0.15, 0.2) is 62.6 Å². The van der Waals surface area contributed by atoms with Crippen LogP contribution in [0.3, 0.4) is 0 Å². The highest BCUT2D eigenvalue weighted by atomic mass is 32.1. The number of furan rings is 1. The molecule has 0 fully saturated rings. The average molecular weight is 365 g/mol. The second kappa shape index (κ2) is 6.24. The number of rotatable bonds is 3. The highest BCUT2D eigenvalue weighted by Gasteiger charge is 2.36. The molecule has 3 aromatic heterocycles. The maximum atomic E-state index is 13.3. The van der Waals surface area contributed by atoms with E-state index in [1.807, 2.05) is 24.4 Å². The molecule has 4 heterocycles. The lowest BCUT2D eigenvalue weighted by Gasteiger charge is -2.25. The molecule has 0 bridgehead atoms. The van der Waals surface area contributed by atoms with Gasteiger partial charge < -0.3 is 19.5 Å². The fourth-order valence-corrected chi connectivity index (χ4v) is 3.87. The summed E-state index contributed by atoms with van der Waals surface area (Å²) in [6.45, 7) is 2.31. The molecule has 0 amide bonds. The molecule has 0 aromatic carbocycles. The first-order chi connectivity index (χ1) is 12.6. The summed E-state index contributed by atoms with van der Waals surface area (Å²) in [5.74, 6) is 0.170. The molecule has 1 aliphatic heterocycles. The zero-order valence-electron chi connectivity index (χ0n) is 13.9. The molecule has 4 rings (SSSR count). The summed E-state index contributed by atoms with van der Waals surface area (Å²) in [4.78, 5) is 14.4. The minimum atomic E-state index is -0.679. The number of allylic oxidation sites excluding steroid dienone is 1. The average Bonchev–Trinajstić information content (AvgIpc) is 3.31. The van der Waals surface area contributed by atoms with Gasteiger partial charge in [-0.25, -0.2) is 0 Å². The Hall–Kier alpha value is -3.24. The molecule has 0 spiro atoms. The van der Waals surface area contributed by atoms with Crippen molar-refractivity contribution in [2.75, 3.05) is 0 Å². The third-order valence-electron chi connectivity index (χ3n) is 4.41. The molecule has 0 saturated carbocycles. The SMILES string of the molecule is Cc1cc2c(c(=O)n1Cc1cccs1)[C@H](c1ccco1)C(C#N)=C(N)O2. The first-order valence-electron chi connectivity index (χ1n) is 7.98. The lowest BCUT2D eigenvalue weighted by atomic mass is 9.88. The van der Waals surface area contributed by atoms with Gasteiger partial charge in [-0.2, -0.15) is 5.26 Å². The molecule has 6 nitrogen and oxygen atoms in total. The predicted molar refractivity (Wildman–Crippen MR) is 96.9 cm³/mol. The number of hydrogen-bond donors (Lipinski definition) is 1. The molecule has 26 heavy (non-hydrogen) atoms. The number of aryl methyl sites for hydroxylation is 1. The van der Waals surface area contributed by atoms with E-state index in [4.69, 9.17) is 14.9 Å². The molecule has 0 radical (unpaired) electrons. The Labute approximate surface area is 153 Å². The van der Waals surface area contributed by atoms with Gasteiger partial charge in [0.25, 0.3) is 5.56 Å². The molecule has 7 heteroatoms. The van der Waals surface area contributed by atoms with Gasteiger partial charge in [0.15, 0.2) is 0 Å². The van der Waals surface area contributed by atoms with Gasteiger partial charge in [0, 0.05) is 16.6 Å². The summed E-state index contributed by atoms with van der Waals surface area (Å²) < 4.78 is 12.8. The van der Waals surface area contributed by atoms with Crippen molar-refractivity contribution in [3.05, 3.63) is 85.7 Å². The minimum Gasteiger partial charge on any atom is -0.468 e. The maximum absolute atomic E-state index is 13.3. The minimum absolute atomic E-state index is 0.00351. The van der Waals surface area contributed by atoms with Gasteiger partial charge in [0.1, 0.15) is 23.2 Å². The van der Waals surface area contributed by atoms with Crippen molar-refractivity contribution in [3.8, 4) is 11.8 Å². The molecule has 3 aromatic rings. The summed E-state index contributed by atoms with van der Waals surface area (Å²) in [6, 6.07) is 11.2. The molecule has 130 valence electrons. The van der Waals surface area contributed by atoms with Crippen molar-refractivity contribution in [3.63, 3.8) is 0 Å². The number of thiophene rings is 1. The summed E-state index contributed by atoms with van der Waals surface area (Å²) in [7, 11) is 0. The summed E-state index contributed by atoms with van der Waals surface area (Å²) >= 11 is 1.59. The third kappa shape index (κ3) is 2.52. The van der Waals surface area contributed by atoms with Crippen LogP contribution in [0.25, 0.3) is 0 Å². The van der Waals surface area contributed by atoms with Crippen molar-refractivity contribution in [2.24, 2.45) is 5.73 Å². The van der Waals surface area contributed by atoms with E-state index < -0.39 is 5.92 Å². The molecular formula is C19H15N3O3S. The van der Waals surface area contributed by atoms with Crippen LogP contribution in [-0.4, -0.2) is 4.57 Å². The van der Waals surface area contributed by atoms with Gasteiger partial charge in [0.2, 0.25) is 5.88 Å². The molecule has 0 aliphatic carbocycles. The van der Waals surface area contributed by atoms with Crippen LogP contribution in [0.4, 0.5) is 0 Å². The predicted octanol–water partition coefficient (Wildman–Crippen LogP) is 3.08. The van der Waals surface area contributed by atoms with E-state index >= 15 is 0 Å². The fraction of sp³-hybridized carbons (Fsp3) is 0.158. The second-order valence-electron chi connectivity index (χ2n) is 5.97. The number of aromatic nitrogens is 1. The fourth-order valence-electron chi connectivity index (χ4n) is 3.18. The van der Waals surface area contributed by atoms with Crippen LogP contribution >= 0.6 is 11.3 Å². The smallest absolute Gasteiger partial charge is 0.259 e. The Morgan fingerprint density at radius 3 is 2.88 bits per heavy atom. The van der Waals surface area contributed by atoms with Gasteiger partial charge in [0.05, 0.1) is 24.3 Å². The number of nitrogens with zero attached hydrogens (tertiary/aromatic N) is 2. The lowest BCUT2D eigenvalue weighted by molar-refractivity contribution is 0.379. The van der Waals surface area contributed by atoms with Crippen molar-refractivity contribution in [1.29, 1.82) is 5.26 Å². The zero-order valence-corrected chi connectivity index (χ0v) is 14.7. The van der Waals surface area contributed by atoms with Crippen LogP contribution in [0.1, 0.15) is 27.8 Å². The Bertz CT molecular complexity index is 1090. The Balaban J connectivity index is 1.94. The first kappa shape index (κ1) is 16.2. The quantitative estimate of drug-likeness (QED) is 0.770. The maximum Gasteiger partial charge on any atom is 0.259 e. The van der Waals surface area contributed by atoms with Crippen molar-refractivity contribution in [1.82, 2.24) is 4.57 Å². The van der Waals surface area contributed by atoms with Crippen LogP contribution in [0.5, 0.6) is 5.75 Å². The van der Waals surface area contributed by atoms with E-state index in [9.17, 15) is 10.1 Å². The highest BCUT2D eigenvalue weighted by Crippen LogP contribution is 2.40. The van der Waals surface area contributed by atoms with Crippen LogP contribution < -0.4 is 16.0 Å². The third-order valence-corrected chi connectivity index (χ3v) is 5.27. The van der Waals surface area contributed by atoms with E-state index in [1.54, 1.807) is 34.1 Å². The topological polar surface area (TPSA) is 94.2 Å². The number of fused-ring (bicyclic) bond motifs is 1. The van der Waals surface area contributed by atoms with Crippen molar-refractivity contribution in [2.45, 2.75) is 19.4 Å². The molecule has 0 unspecified atom stereocenters. The van der Waals surface area contributed by atoms with Crippen molar-refractivity contribution < 1.29 is 9.15 Å². The van der Waals surface area contributed by atoms with Crippen LogP contribution in [0.2, 0.25) is 0 Å². The molecule has 2 N–H and O–H groups in total. The van der Waals surface area contributed by atoms with E-state index in [1.165, 1.54) is 6.26 Å². The zero-order chi connectivity index (χ0) is 18.3. The van der Waals surface area contributed by atoms with Gasteiger partial charge in [-0.3, -0.25) is 4.79 Å². The lowest BCUT2D eigenvalue weighted by Crippen LogP contribution is -2.32. The van der Waals surface area contributed by atoms with E-state index in [2.05, 4.69) is 6.07 Å². The molecule has 1 atom stereocenters. The normalized spacial score (nSPS) is 16.1. The summed E-state index contributed by atoms with van der Waals surface area (Å²) in [5, 5.41) is 11.5. The van der Waals surface area contributed by atoms with Gasteiger partial charge in [-0.05, 0) is 30.5 Å². The van der Waals surface area contributed by atoms with Crippen LogP contribution in [-0.2, 0) is 6.54 Å². The summed E-state index contributed by atoms with van der Waals surface area (Å²) in [6.07, 6.45) is 1.51. The van der Waals surface area contributed by atoms with Gasteiger partial charge in [-0.15, -0.1) is 11.3 Å². The Morgan fingerprint density at radius 2 is 2.23 bits per heavy atom. The Morgan fingerprint density at radius 1 is 1.38 bits per heavy atom. The molecule has 0 saturated heterocycles. The number of nitrogens with two attached hydrogens (primary N) is 1.